The predicted octanol–water partition coefficient (Wildman–Crippen LogP) is 2.33. The SMILES string of the molecule is COc1cc(/C=C/C(=O)N2CCC(C3OCCO3)CC2)cc(OC)c1. The van der Waals surface area contributed by atoms with Crippen molar-refractivity contribution < 1.29 is 23.7 Å². The van der Waals surface area contributed by atoms with Crippen LogP contribution in [0.1, 0.15) is 18.4 Å². The number of amides is 1. The van der Waals surface area contributed by atoms with Crippen molar-refractivity contribution in [2.24, 2.45) is 5.92 Å². The van der Waals surface area contributed by atoms with Crippen LogP contribution < -0.4 is 9.47 Å². The first kappa shape index (κ1) is 17.8. The number of rotatable bonds is 5. The molecule has 0 aromatic heterocycles. The van der Waals surface area contributed by atoms with Crippen molar-refractivity contribution in [1.29, 1.82) is 0 Å². The van der Waals surface area contributed by atoms with Crippen LogP contribution in [0.3, 0.4) is 0 Å². The van der Waals surface area contributed by atoms with Crippen molar-refractivity contribution >= 4 is 12.0 Å². The minimum atomic E-state index is -0.0861. The Morgan fingerprint density at radius 3 is 2.24 bits per heavy atom. The Hall–Kier alpha value is -2.05. The molecule has 1 aromatic rings. The minimum absolute atomic E-state index is 0.0218. The van der Waals surface area contributed by atoms with Crippen molar-refractivity contribution in [3.8, 4) is 11.5 Å². The van der Waals surface area contributed by atoms with E-state index in [1.54, 1.807) is 32.4 Å². The van der Waals surface area contributed by atoms with Crippen molar-refractivity contribution in [3.05, 3.63) is 29.8 Å². The third-order valence-electron chi connectivity index (χ3n) is 4.68. The van der Waals surface area contributed by atoms with E-state index in [9.17, 15) is 4.79 Å². The molecule has 1 amide bonds. The molecule has 25 heavy (non-hydrogen) atoms. The molecule has 0 atom stereocenters. The number of benzene rings is 1. The molecule has 136 valence electrons. The highest BCUT2D eigenvalue weighted by Crippen LogP contribution is 2.26. The lowest BCUT2D eigenvalue weighted by Crippen LogP contribution is -2.40. The molecule has 2 fully saturated rings. The summed E-state index contributed by atoms with van der Waals surface area (Å²) in [6.45, 7) is 2.82. The molecule has 2 saturated heterocycles. The molecule has 2 aliphatic rings. The standard InChI is InChI=1S/C19H25NO5/c1-22-16-11-14(12-17(13-16)23-2)3-4-18(21)20-7-5-15(6-8-20)19-24-9-10-25-19/h3-4,11-13,15,19H,5-10H2,1-2H3/b4-3+. The molecule has 0 bridgehead atoms. The first-order chi connectivity index (χ1) is 12.2. The van der Waals surface area contributed by atoms with E-state index in [1.165, 1.54) is 0 Å². The summed E-state index contributed by atoms with van der Waals surface area (Å²) >= 11 is 0. The Balaban J connectivity index is 1.56. The Labute approximate surface area is 148 Å². The molecule has 2 heterocycles. The smallest absolute Gasteiger partial charge is 0.246 e. The van der Waals surface area contributed by atoms with Crippen LogP contribution in [0, 0.1) is 5.92 Å². The van der Waals surface area contributed by atoms with Crippen LogP contribution in [-0.4, -0.2) is 57.6 Å². The van der Waals surface area contributed by atoms with Crippen LogP contribution in [0.25, 0.3) is 6.08 Å². The Morgan fingerprint density at radius 2 is 1.68 bits per heavy atom. The van der Waals surface area contributed by atoms with Gasteiger partial charge in [-0.1, -0.05) is 0 Å². The van der Waals surface area contributed by atoms with Gasteiger partial charge in [0, 0.05) is 31.1 Å². The average Bonchev–Trinajstić information content (AvgIpc) is 3.20. The van der Waals surface area contributed by atoms with Gasteiger partial charge < -0.3 is 23.8 Å². The van der Waals surface area contributed by atoms with E-state index in [1.807, 2.05) is 17.0 Å². The van der Waals surface area contributed by atoms with Gasteiger partial charge in [-0.15, -0.1) is 0 Å². The number of carbonyl (C=O) groups is 1. The highest BCUT2D eigenvalue weighted by molar-refractivity contribution is 5.92. The maximum absolute atomic E-state index is 12.4. The molecule has 0 N–H and O–H groups in total. The Kier molecular flexibility index (Phi) is 5.94. The summed E-state index contributed by atoms with van der Waals surface area (Å²) in [6.07, 6.45) is 5.14. The summed E-state index contributed by atoms with van der Waals surface area (Å²) in [5.41, 5.74) is 0.868. The van der Waals surface area contributed by atoms with E-state index in [2.05, 4.69) is 0 Å². The van der Waals surface area contributed by atoms with Crippen LogP contribution in [0.2, 0.25) is 0 Å². The van der Waals surface area contributed by atoms with Crippen LogP contribution in [0.15, 0.2) is 24.3 Å². The normalized spacial score (nSPS) is 19.5. The molecule has 0 radical (unpaired) electrons. The maximum Gasteiger partial charge on any atom is 0.246 e. The molecular weight excluding hydrogens is 322 g/mol. The monoisotopic (exact) mass is 347 g/mol. The third kappa shape index (κ3) is 4.52. The quantitative estimate of drug-likeness (QED) is 0.765. The zero-order valence-electron chi connectivity index (χ0n) is 14.8. The van der Waals surface area contributed by atoms with E-state index in [-0.39, 0.29) is 12.2 Å². The van der Waals surface area contributed by atoms with E-state index in [0.29, 0.717) is 30.6 Å². The molecule has 3 rings (SSSR count). The fourth-order valence-electron chi connectivity index (χ4n) is 3.24. The summed E-state index contributed by atoms with van der Waals surface area (Å²) in [6, 6.07) is 5.54. The van der Waals surface area contributed by atoms with Crippen molar-refractivity contribution in [3.63, 3.8) is 0 Å². The summed E-state index contributed by atoms with van der Waals surface area (Å²) in [4.78, 5) is 14.3. The van der Waals surface area contributed by atoms with Crippen LogP contribution >= 0.6 is 0 Å². The Bertz CT molecular complexity index is 594. The summed E-state index contributed by atoms with van der Waals surface area (Å²) in [5, 5.41) is 0. The molecular formula is C19H25NO5. The van der Waals surface area contributed by atoms with Gasteiger partial charge in [-0.25, -0.2) is 0 Å². The van der Waals surface area contributed by atoms with E-state index >= 15 is 0 Å². The number of ether oxygens (including phenoxy) is 4. The van der Waals surface area contributed by atoms with Crippen molar-refractivity contribution in [2.75, 3.05) is 40.5 Å². The van der Waals surface area contributed by atoms with Crippen LogP contribution in [0.5, 0.6) is 11.5 Å². The zero-order valence-corrected chi connectivity index (χ0v) is 14.8. The summed E-state index contributed by atoms with van der Waals surface area (Å²) in [5.74, 6) is 1.80. The van der Waals surface area contributed by atoms with Gasteiger partial charge in [0.15, 0.2) is 6.29 Å². The number of hydrogen-bond acceptors (Lipinski definition) is 5. The number of nitrogens with zero attached hydrogens (tertiary/aromatic N) is 1. The van der Waals surface area contributed by atoms with E-state index in [0.717, 1.165) is 31.5 Å². The maximum atomic E-state index is 12.4. The molecule has 1 aromatic carbocycles. The van der Waals surface area contributed by atoms with Crippen LogP contribution in [-0.2, 0) is 14.3 Å². The van der Waals surface area contributed by atoms with Crippen molar-refractivity contribution in [2.45, 2.75) is 19.1 Å². The average molecular weight is 347 g/mol. The number of methoxy groups -OCH3 is 2. The number of likely N-dealkylation sites (tertiary alicyclic amines) is 1. The van der Waals surface area contributed by atoms with Gasteiger partial charge in [0.05, 0.1) is 27.4 Å². The number of hydrogen-bond donors (Lipinski definition) is 0. The second kappa shape index (κ2) is 8.36. The molecule has 0 aliphatic carbocycles. The zero-order chi connectivity index (χ0) is 17.6. The minimum Gasteiger partial charge on any atom is -0.497 e. The molecule has 0 spiro atoms. The van der Waals surface area contributed by atoms with Gasteiger partial charge in [0.1, 0.15) is 11.5 Å². The van der Waals surface area contributed by atoms with Gasteiger partial charge in [-0.3, -0.25) is 4.79 Å². The Morgan fingerprint density at radius 1 is 1.08 bits per heavy atom. The largest absolute Gasteiger partial charge is 0.497 e. The summed E-state index contributed by atoms with van der Waals surface area (Å²) in [7, 11) is 3.21. The number of carbonyl (C=O) groups excluding carboxylic acids is 1. The predicted molar refractivity (Wildman–Crippen MR) is 93.6 cm³/mol. The fraction of sp³-hybridized carbons (Fsp3) is 0.526. The highest BCUT2D eigenvalue weighted by atomic mass is 16.7. The molecule has 0 saturated carbocycles. The number of piperidine rings is 1. The lowest BCUT2D eigenvalue weighted by molar-refractivity contribution is -0.131. The topological polar surface area (TPSA) is 57.2 Å². The second-order valence-corrected chi connectivity index (χ2v) is 6.25. The van der Waals surface area contributed by atoms with Gasteiger partial charge >= 0.3 is 0 Å². The van der Waals surface area contributed by atoms with E-state index in [4.69, 9.17) is 18.9 Å². The fourth-order valence-corrected chi connectivity index (χ4v) is 3.24. The molecule has 6 nitrogen and oxygen atoms in total. The first-order valence-corrected chi connectivity index (χ1v) is 8.63. The lowest BCUT2D eigenvalue weighted by atomic mass is 9.96. The van der Waals surface area contributed by atoms with Crippen LogP contribution in [0.4, 0.5) is 0 Å². The lowest BCUT2D eigenvalue weighted by Gasteiger charge is -2.33. The van der Waals surface area contributed by atoms with Crippen molar-refractivity contribution in [1.82, 2.24) is 4.90 Å². The molecule has 2 aliphatic heterocycles. The van der Waals surface area contributed by atoms with E-state index < -0.39 is 0 Å². The van der Waals surface area contributed by atoms with Gasteiger partial charge in [-0.2, -0.15) is 0 Å². The first-order valence-electron chi connectivity index (χ1n) is 8.63. The molecule has 6 heteroatoms. The van der Waals surface area contributed by atoms with Gasteiger partial charge in [-0.05, 0) is 36.6 Å². The molecule has 0 unspecified atom stereocenters. The van der Waals surface area contributed by atoms with Gasteiger partial charge in [0.25, 0.3) is 0 Å². The summed E-state index contributed by atoms with van der Waals surface area (Å²) < 4.78 is 21.6. The second-order valence-electron chi connectivity index (χ2n) is 6.25. The van der Waals surface area contributed by atoms with Gasteiger partial charge in [0.2, 0.25) is 5.91 Å². The highest BCUT2D eigenvalue weighted by Gasteiger charge is 2.31. The third-order valence-corrected chi connectivity index (χ3v) is 4.68.